The van der Waals surface area contributed by atoms with Crippen LogP contribution in [0.15, 0.2) is 35.0 Å². The third-order valence-corrected chi connectivity index (χ3v) is 3.49. The van der Waals surface area contributed by atoms with Crippen LogP contribution in [0.3, 0.4) is 0 Å². The van der Waals surface area contributed by atoms with Gasteiger partial charge in [-0.2, -0.15) is 4.98 Å². The molecule has 0 saturated heterocycles. The first kappa shape index (κ1) is 15.1. The number of nitrogens with zero attached hydrogens (tertiary/aromatic N) is 4. The number of benzene rings is 1. The van der Waals surface area contributed by atoms with Gasteiger partial charge in [0.05, 0.1) is 18.4 Å². The maximum Gasteiger partial charge on any atom is 0.261 e. The summed E-state index contributed by atoms with van der Waals surface area (Å²) in [5.41, 5.74) is 2.54. The van der Waals surface area contributed by atoms with Gasteiger partial charge in [0.15, 0.2) is 0 Å². The van der Waals surface area contributed by atoms with Crippen LogP contribution < -0.4 is 4.74 Å². The standard InChI is InChI=1S/C17H18N4O2/c1-10(2)15-14(9-18-11(3)19-15)17-20-16(21-23-17)12-5-7-13(22-4)8-6-12/h5-10H,1-4H3. The van der Waals surface area contributed by atoms with Crippen molar-refractivity contribution in [2.75, 3.05) is 7.11 Å². The number of rotatable bonds is 4. The summed E-state index contributed by atoms with van der Waals surface area (Å²) in [7, 11) is 1.63. The molecule has 2 heterocycles. The molecule has 0 amide bonds. The highest BCUT2D eigenvalue weighted by atomic mass is 16.5. The van der Waals surface area contributed by atoms with E-state index in [2.05, 4.69) is 34.0 Å². The smallest absolute Gasteiger partial charge is 0.261 e. The third-order valence-electron chi connectivity index (χ3n) is 3.49. The van der Waals surface area contributed by atoms with E-state index in [1.165, 1.54) is 0 Å². The lowest BCUT2D eigenvalue weighted by Gasteiger charge is -2.08. The summed E-state index contributed by atoms with van der Waals surface area (Å²) >= 11 is 0. The second kappa shape index (κ2) is 6.16. The van der Waals surface area contributed by atoms with Gasteiger partial charge >= 0.3 is 0 Å². The highest BCUT2D eigenvalue weighted by Gasteiger charge is 2.18. The van der Waals surface area contributed by atoms with Crippen molar-refractivity contribution in [1.82, 2.24) is 20.1 Å². The van der Waals surface area contributed by atoms with Gasteiger partial charge in [0.25, 0.3) is 5.89 Å². The second-order valence-electron chi connectivity index (χ2n) is 5.52. The van der Waals surface area contributed by atoms with Crippen molar-refractivity contribution < 1.29 is 9.26 Å². The van der Waals surface area contributed by atoms with E-state index in [1.54, 1.807) is 13.3 Å². The summed E-state index contributed by atoms with van der Waals surface area (Å²) < 4.78 is 10.6. The number of hydrogen-bond acceptors (Lipinski definition) is 6. The number of aromatic nitrogens is 4. The number of aryl methyl sites for hydroxylation is 1. The fourth-order valence-electron chi connectivity index (χ4n) is 2.28. The highest BCUT2D eigenvalue weighted by molar-refractivity contribution is 5.61. The molecule has 6 heteroatoms. The van der Waals surface area contributed by atoms with Gasteiger partial charge < -0.3 is 9.26 Å². The van der Waals surface area contributed by atoms with Crippen LogP contribution in [-0.2, 0) is 0 Å². The molecule has 2 aromatic heterocycles. The predicted molar refractivity (Wildman–Crippen MR) is 86.1 cm³/mol. The van der Waals surface area contributed by atoms with E-state index < -0.39 is 0 Å². The Morgan fingerprint density at radius 2 is 1.83 bits per heavy atom. The topological polar surface area (TPSA) is 73.9 Å². The molecule has 0 bridgehead atoms. The average Bonchev–Trinajstić information content (AvgIpc) is 3.04. The molecule has 0 atom stereocenters. The summed E-state index contributed by atoms with van der Waals surface area (Å²) in [5.74, 6) is 2.71. The van der Waals surface area contributed by atoms with Gasteiger partial charge in [0, 0.05) is 11.8 Å². The Morgan fingerprint density at radius 3 is 2.48 bits per heavy atom. The largest absolute Gasteiger partial charge is 0.497 e. The predicted octanol–water partition coefficient (Wildman–Crippen LogP) is 3.63. The van der Waals surface area contributed by atoms with Gasteiger partial charge in [-0.25, -0.2) is 9.97 Å². The van der Waals surface area contributed by atoms with Crippen molar-refractivity contribution in [3.8, 4) is 28.6 Å². The Bertz CT molecular complexity index is 810. The quantitative estimate of drug-likeness (QED) is 0.732. The molecule has 23 heavy (non-hydrogen) atoms. The highest BCUT2D eigenvalue weighted by Crippen LogP contribution is 2.28. The maximum atomic E-state index is 5.42. The monoisotopic (exact) mass is 310 g/mol. The van der Waals surface area contributed by atoms with Gasteiger partial charge in [0.2, 0.25) is 5.82 Å². The molecule has 6 nitrogen and oxygen atoms in total. The van der Waals surface area contributed by atoms with E-state index in [9.17, 15) is 0 Å². The first-order valence-corrected chi connectivity index (χ1v) is 7.40. The van der Waals surface area contributed by atoms with Gasteiger partial charge in [-0.15, -0.1) is 0 Å². The molecule has 0 aliphatic carbocycles. The molecule has 0 radical (unpaired) electrons. The number of methoxy groups -OCH3 is 1. The molecule has 0 N–H and O–H groups in total. The molecule has 3 aromatic rings. The zero-order valence-electron chi connectivity index (χ0n) is 13.6. The summed E-state index contributed by atoms with van der Waals surface area (Å²) in [5, 5.41) is 4.06. The van der Waals surface area contributed by atoms with E-state index >= 15 is 0 Å². The second-order valence-corrected chi connectivity index (χ2v) is 5.52. The lowest BCUT2D eigenvalue weighted by Crippen LogP contribution is -2.01. The van der Waals surface area contributed by atoms with Crippen LogP contribution in [0.1, 0.15) is 31.3 Å². The molecule has 0 aliphatic heterocycles. The fraction of sp³-hybridized carbons (Fsp3) is 0.294. The normalized spacial score (nSPS) is 11.0. The summed E-state index contributed by atoms with van der Waals surface area (Å²) in [4.78, 5) is 13.2. The molecule has 0 spiro atoms. The number of ether oxygens (including phenoxy) is 1. The Labute approximate surface area is 134 Å². The van der Waals surface area contributed by atoms with Gasteiger partial charge in [-0.3, -0.25) is 0 Å². The van der Waals surface area contributed by atoms with Gasteiger partial charge in [-0.1, -0.05) is 19.0 Å². The molecular formula is C17H18N4O2. The fourth-order valence-corrected chi connectivity index (χ4v) is 2.28. The van der Waals surface area contributed by atoms with Crippen LogP contribution >= 0.6 is 0 Å². The van der Waals surface area contributed by atoms with Crippen LogP contribution in [0.25, 0.3) is 22.8 Å². The van der Waals surface area contributed by atoms with Crippen LogP contribution in [0.4, 0.5) is 0 Å². The molecule has 0 fully saturated rings. The Morgan fingerprint density at radius 1 is 1.09 bits per heavy atom. The zero-order valence-corrected chi connectivity index (χ0v) is 13.6. The first-order chi connectivity index (χ1) is 11.1. The molecule has 1 aromatic carbocycles. The molecule has 3 rings (SSSR count). The zero-order chi connectivity index (χ0) is 16.4. The van der Waals surface area contributed by atoms with E-state index in [0.29, 0.717) is 11.7 Å². The third kappa shape index (κ3) is 3.06. The van der Waals surface area contributed by atoms with Crippen molar-refractivity contribution in [2.24, 2.45) is 0 Å². The molecule has 0 aliphatic rings. The Kier molecular flexibility index (Phi) is 4.06. The SMILES string of the molecule is COc1ccc(-c2noc(-c3cnc(C)nc3C(C)C)n2)cc1. The summed E-state index contributed by atoms with van der Waals surface area (Å²) in [6.07, 6.45) is 1.74. The van der Waals surface area contributed by atoms with Gasteiger partial charge in [-0.05, 0) is 37.1 Å². The van der Waals surface area contributed by atoms with E-state index in [-0.39, 0.29) is 5.92 Å². The van der Waals surface area contributed by atoms with Crippen LogP contribution in [0.2, 0.25) is 0 Å². The van der Waals surface area contributed by atoms with Crippen LogP contribution in [-0.4, -0.2) is 27.2 Å². The van der Waals surface area contributed by atoms with Crippen molar-refractivity contribution in [3.63, 3.8) is 0 Å². The summed E-state index contributed by atoms with van der Waals surface area (Å²) in [6.45, 7) is 6.02. The van der Waals surface area contributed by atoms with Crippen molar-refractivity contribution in [1.29, 1.82) is 0 Å². The van der Waals surface area contributed by atoms with Crippen LogP contribution in [0, 0.1) is 6.92 Å². The first-order valence-electron chi connectivity index (χ1n) is 7.40. The lowest BCUT2D eigenvalue weighted by molar-refractivity contribution is 0.414. The molecular weight excluding hydrogens is 292 g/mol. The molecule has 118 valence electrons. The Hall–Kier alpha value is -2.76. The van der Waals surface area contributed by atoms with E-state index in [1.807, 2.05) is 31.2 Å². The maximum absolute atomic E-state index is 5.42. The number of hydrogen-bond donors (Lipinski definition) is 0. The van der Waals surface area contributed by atoms with Crippen LogP contribution in [0.5, 0.6) is 5.75 Å². The minimum absolute atomic E-state index is 0.239. The van der Waals surface area contributed by atoms with E-state index in [4.69, 9.17) is 9.26 Å². The average molecular weight is 310 g/mol. The minimum atomic E-state index is 0.239. The van der Waals surface area contributed by atoms with Crippen molar-refractivity contribution >= 4 is 0 Å². The molecule has 0 saturated carbocycles. The summed E-state index contributed by atoms with van der Waals surface area (Å²) in [6, 6.07) is 7.50. The minimum Gasteiger partial charge on any atom is -0.497 e. The lowest BCUT2D eigenvalue weighted by atomic mass is 10.1. The molecule has 0 unspecified atom stereocenters. The van der Waals surface area contributed by atoms with Crippen molar-refractivity contribution in [2.45, 2.75) is 26.7 Å². The Balaban J connectivity index is 1.98. The van der Waals surface area contributed by atoms with E-state index in [0.717, 1.165) is 28.4 Å². The van der Waals surface area contributed by atoms with Gasteiger partial charge in [0.1, 0.15) is 11.6 Å². The van der Waals surface area contributed by atoms with Crippen molar-refractivity contribution in [3.05, 3.63) is 42.0 Å².